The van der Waals surface area contributed by atoms with Crippen molar-refractivity contribution in [3.63, 3.8) is 0 Å². The summed E-state index contributed by atoms with van der Waals surface area (Å²) in [4.78, 5) is 11.5. The lowest BCUT2D eigenvalue weighted by Gasteiger charge is -2.31. The topological polar surface area (TPSA) is 58.4 Å². The molecule has 1 aliphatic rings. The Balaban J connectivity index is 2.22. The van der Waals surface area contributed by atoms with E-state index in [2.05, 4.69) is 5.32 Å². The van der Waals surface area contributed by atoms with Crippen LogP contribution in [-0.4, -0.2) is 31.1 Å². The smallest absolute Gasteiger partial charge is 0.275 e. The van der Waals surface area contributed by atoms with Gasteiger partial charge in [0, 0.05) is 13.1 Å². The number of non-ortho nitro benzene ring substituents is 1. The van der Waals surface area contributed by atoms with Crippen LogP contribution in [0.15, 0.2) is 12.1 Å². The highest BCUT2D eigenvalue weighted by atomic mass is 19.1. The van der Waals surface area contributed by atoms with E-state index in [1.165, 1.54) is 0 Å². The summed E-state index contributed by atoms with van der Waals surface area (Å²) < 4.78 is 28.1. The molecule has 2 rings (SSSR count). The predicted octanol–water partition coefficient (Wildman–Crippen LogP) is 2.70. The van der Waals surface area contributed by atoms with E-state index in [0.29, 0.717) is 19.0 Å². The van der Waals surface area contributed by atoms with Crippen molar-refractivity contribution < 1.29 is 13.7 Å². The number of nitrogens with zero attached hydrogens (tertiary/aromatic N) is 2. The SMILES string of the molecule is CCN(CC1CCNCC1)c1c(F)cc([N+](=O)[O-])cc1F. The lowest BCUT2D eigenvalue weighted by molar-refractivity contribution is -0.385. The molecule has 116 valence electrons. The zero-order valence-corrected chi connectivity index (χ0v) is 11.9. The van der Waals surface area contributed by atoms with E-state index in [0.717, 1.165) is 38.1 Å². The first-order valence-corrected chi connectivity index (χ1v) is 7.12. The van der Waals surface area contributed by atoms with Crippen molar-refractivity contribution in [3.8, 4) is 0 Å². The summed E-state index contributed by atoms with van der Waals surface area (Å²) in [6.07, 6.45) is 1.93. The van der Waals surface area contributed by atoms with Crippen molar-refractivity contribution in [1.82, 2.24) is 5.32 Å². The maximum absolute atomic E-state index is 14.1. The lowest BCUT2D eigenvalue weighted by atomic mass is 9.97. The molecule has 1 saturated heterocycles. The Labute approximate surface area is 122 Å². The largest absolute Gasteiger partial charge is 0.367 e. The van der Waals surface area contributed by atoms with Crippen LogP contribution in [0, 0.1) is 27.7 Å². The van der Waals surface area contributed by atoms with Gasteiger partial charge in [0.2, 0.25) is 0 Å². The van der Waals surface area contributed by atoms with Crippen molar-refractivity contribution in [2.45, 2.75) is 19.8 Å². The van der Waals surface area contributed by atoms with E-state index in [-0.39, 0.29) is 5.69 Å². The highest BCUT2D eigenvalue weighted by Crippen LogP contribution is 2.29. The molecule has 0 amide bonds. The normalized spacial score (nSPS) is 16.0. The van der Waals surface area contributed by atoms with Crippen LogP contribution in [0.4, 0.5) is 20.2 Å². The maximum Gasteiger partial charge on any atom is 0.275 e. The number of nitro groups is 1. The Morgan fingerprint density at radius 1 is 1.33 bits per heavy atom. The molecule has 1 aromatic rings. The molecule has 21 heavy (non-hydrogen) atoms. The molecule has 0 aliphatic carbocycles. The molecule has 0 aromatic heterocycles. The fraction of sp³-hybridized carbons (Fsp3) is 0.571. The Bertz CT molecular complexity index is 496. The number of nitro benzene ring substituents is 1. The molecular weight excluding hydrogens is 280 g/mol. The van der Waals surface area contributed by atoms with Gasteiger partial charge in [0.15, 0.2) is 11.6 Å². The standard InChI is InChI=1S/C14H19F2N3O2/c1-2-18(9-10-3-5-17-6-4-10)14-12(15)7-11(19(20)21)8-13(14)16/h7-8,10,17H,2-6,9H2,1H3. The molecule has 0 spiro atoms. The average molecular weight is 299 g/mol. The molecule has 0 bridgehead atoms. The number of anilines is 1. The maximum atomic E-state index is 14.1. The van der Waals surface area contributed by atoms with Gasteiger partial charge in [-0.1, -0.05) is 0 Å². The monoisotopic (exact) mass is 299 g/mol. The first kappa shape index (κ1) is 15.6. The summed E-state index contributed by atoms with van der Waals surface area (Å²) in [7, 11) is 0. The number of nitrogens with one attached hydrogen (secondary N) is 1. The molecule has 0 saturated carbocycles. The van der Waals surface area contributed by atoms with Crippen LogP contribution < -0.4 is 10.2 Å². The molecule has 0 unspecified atom stereocenters. The highest BCUT2D eigenvalue weighted by molar-refractivity contribution is 5.53. The quantitative estimate of drug-likeness (QED) is 0.671. The Morgan fingerprint density at radius 3 is 2.38 bits per heavy atom. The third kappa shape index (κ3) is 3.66. The highest BCUT2D eigenvalue weighted by Gasteiger charge is 2.23. The minimum absolute atomic E-state index is 0.165. The van der Waals surface area contributed by atoms with Crippen molar-refractivity contribution in [1.29, 1.82) is 0 Å². The second kappa shape index (κ2) is 6.80. The van der Waals surface area contributed by atoms with Gasteiger partial charge in [-0.05, 0) is 38.8 Å². The van der Waals surface area contributed by atoms with Gasteiger partial charge in [0.05, 0.1) is 17.1 Å². The first-order valence-electron chi connectivity index (χ1n) is 7.12. The molecule has 0 atom stereocenters. The zero-order chi connectivity index (χ0) is 15.4. The predicted molar refractivity (Wildman–Crippen MR) is 76.5 cm³/mol. The number of hydrogen-bond donors (Lipinski definition) is 1. The van der Waals surface area contributed by atoms with Gasteiger partial charge in [-0.15, -0.1) is 0 Å². The van der Waals surface area contributed by atoms with E-state index >= 15 is 0 Å². The molecule has 0 radical (unpaired) electrons. The van der Waals surface area contributed by atoms with E-state index in [4.69, 9.17) is 0 Å². The van der Waals surface area contributed by atoms with Crippen molar-refractivity contribution >= 4 is 11.4 Å². The first-order chi connectivity index (χ1) is 10.0. The Kier molecular flexibility index (Phi) is 5.06. The van der Waals surface area contributed by atoms with Crippen molar-refractivity contribution in [2.24, 2.45) is 5.92 Å². The van der Waals surface area contributed by atoms with Gasteiger partial charge in [-0.3, -0.25) is 10.1 Å². The van der Waals surface area contributed by atoms with Gasteiger partial charge < -0.3 is 10.2 Å². The minimum atomic E-state index is -0.877. The third-order valence-corrected chi connectivity index (χ3v) is 3.85. The van der Waals surface area contributed by atoms with Crippen molar-refractivity contribution in [3.05, 3.63) is 33.9 Å². The van der Waals surface area contributed by atoms with Gasteiger partial charge in [-0.25, -0.2) is 8.78 Å². The average Bonchev–Trinajstić information content (AvgIpc) is 2.46. The van der Waals surface area contributed by atoms with Crippen LogP contribution in [0.5, 0.6) is 0 Å². The van der Waals surface area contributed by atoms with Crippen LogP contribution in [0.2, 0.25) is 0 Å². The number of benzene rings is 1. The minimum Gasteiger partial charge on any atom is -0.367 e. The third-order valence-electron chi connectivity index (χ3n) is 3.85. The molecule has 1 fully saturated rings. The Hall–Kier alpha value is -1.76. The van der Waals surface area contributed by atoms with Crippen LogP contribution in [0.3, 0.4) is 0 Å². The van der Waals surface area contributed by atoms with Crippen LogP contribution >= 0.6 is 0 Å². The fourth-order valence-electron chi connectivity index (χ4n) is 2.71. The summed E-state index contributed by atoms with van der Waals surface area (Å²) >= 11 is 0. The van der Waals surface area contributed by atoms with Gasteiger partial charge in [0.1, 0.15) is 5.69 Å². The summed E-state index contributed by atoms with van der Waals surface area (Å²) in [6.45, 7) is 4.65. The second-order valence-electron chi connectivity index (χ2n) is 5.25. The number of rotatable bonds is 5. The molecular formula is C14H19F2N3O2. The number of piperidine rings is 1. The van der Waals surface area contributed by atoms with Gasteiger partial charge in [-0.2, -0.15) is 0 Å². The van der Waals surface area contributed by atoms with Crippen LogP contribution in [0.1, 0.15) is 19.8 Å². The van der Waals surface area contributed by atoms with Gasteiger partial charge >= 0.3 is 0 Å². The summed E-state index contributed by atoms with van der Waals surface area (Å²) in [5.41, 5.74) is -0.728. The molecule has 1 N–H and O–H groups in total. The number of hydrogen-bond acceptors (Lipinski definition) is 4. The van der Waals surface area contributed by atoms with E-state index < -0.39 is 22.2 Å². The molecule has 1 aliphatic heterocycles. The van der Waals surface area contributed by atoms with Crippen LogP contribution in [0.25, 0.3) is 0 Å². The lowest BCUT2D eigenvalue weighted by Crippen LogP contribution is -2.37. The summed E-state index contributed by atoms with van der Waals surface area (Å²) in [5, 5.41) is 13.9. The zero-order valence-electron chi connectivity index (χ0n) is 11.9. The fourth-order valence-corrected chi connectivity index (χ4v) is 2.71. The van der Waals surface area contributed by atoms with Crippen molar-refractivity contribution in [2.75, 3.05) is 31.1 Å². The number of halogens is 2. The summed E-state index contributed by atoms with van der Waals surface area (Å²) in [5.74, 6) is -1.38. The molecule has 5 nitrogen and oxygen atoms in total. The molecule has 1 aromatic carbocycles. The molecule has 7 heteroatoms. The molecule has 1 heterocycles. The van der Waals surface area contributed by atoms with E-state index in [1.807, 2.05) is 6.92 Å². The summed E-state index contributed by atoms with van der Waals surface area (Å²) in [6, 6.07) is 1.56. The van der Waals surface area contributed by atoms with Crippen LogP contribution in [-0.2, 0) is 0 Å². The Morgan fingerprint density at radius 2 is 1.90 bits per heavy atom. The van der Waals surface area contributed by atoms with E-state index in [1.54, 1.807) is 4.90 Å². The van der Waals surface area contributed by atoms with E-state index in [9.17, 15) is 18.9 Å². The van der Waals surface area contributed by atoms with Gasteiger partial charge in [0.25, 0.3) is 5.69 Å². The second-order valence-corrected chi connectivity index (χ2v) is 5.25.